The van der Waals surface area contributed by atoms with Gasteiger partial charge in [-0.15, -0.1) is 11.3 Å². The van der Waals surface area contributed by atoms with Gasteiger partial charge in [0, 0.05) is 12.3 Å². The molecular weight excluding hydrogens is 326 g/mol. The molecule has 0 atom stereocenters. The van der Waals surface area contributed by atoms with E-state index in [1.165, 1.54) is 11.3 Å². The van der Waals surface area contributed by atoms with Gasteiger partial charge in [-0.25, -0.2) is 9.97 Å². The minimum absolute atomic E-state index is 0.0925. The number of ether oxygens (including phenoxy) is 1. The highest BCUT2D eigenvalue weighted by atomic mass is 32.1. The van der Waals surface area contributed by atoms with Crippen LogP contribution in [0.25, 0.3) is 10.2 Å². The number of aryl methyl sites for hydroxylation is 2. The number of thiophene rings is 1. The van der Waals surface area contributed by atoms with Gasteiger partial charge in [0.1, 0.15) is 34.5 Å². The first-order valence-electron chi connectivity index (χ1n) is 7.48. The number of anilines is 2. The van der Waals surface area contributed by atoms with E-state index < -0.39 is 0 Å². The summed E-state index contributed by atoms with van der Waals surface area (Å²) in [5.41, 5.74) is 7.52. The van der Waals surface area contributed by atoms with Crippen LogP contribution in [0.2, 0.25) is 0 Å². The predicted molar refractivity (Wildman–Crippen MR) is 92.7 cm³/mol. The second-order valence-electron chi connectivity index (χ2n) is 5.54. The average molecular weight is 341 g/mol. The van der Waals surface area contributed by atoms with Crippen molar-refractivity contribution in [1.82, 2.24) is 15.0 Å². The Morgan fingerprint density at radius 2 is 2.21 bits per heavy atom. The SMILES string of the molecule is Cc1nc(N)c2c(C)c(C(=O)N3CCOc4ccncc43)sc2n1. The third-order valence-corrected chi connectivity index (χ3v) is 5.17. The maximum absolute atomic E-state index is 13.1. The quantitative estimate of drug-likeness (QED) is 0.730. The molecule has 24 heavy (non-hydrogen) atoms. The highest BCUT2D eigenvalue weighted by Crippen LogP contribution is 2.36. The molecular formula is C16H15N5O2S. The van der Waals surface area contributed by atoms with Crippen LogP contribution in [-0.4, -0.2) is 34.0 Å². The molecule has 0 bridgehead atoms. The van der Waals surface area contributed by atoms with E-state index in [1.807, 2.05) is 6.92 Å². The van der Waals surface area contributed by atoms with E-state index in [0.717, 1.165) is 15.8 Å². The minimum Gasteiger partial charge on any atom is -0.489 e. The summed E-state index contributed by atoms with van der Waals surface area (Å²) in [5.74, 6) is 1.58. The Balaban J connectivity index is 1.83. The molecule has 0 saturated heterocycles. The number of amides is 1. The predicted octanol–water partition coefficient (Wildman–Crippen LogP) is 2.32. The van der Waals surface area contributed by atoms with Crippen molar-refractivity contribution in [1.29, 1.82) is 0 Å². The summed E-state index contributed by atoms with van der Waals surface area (Å²) in [6.07, 6.45) is 3.30. The number of aromatic nitrogens is 3. The number of rotatable bonds is 1. The van der Waals surface area contributed by atoms with Crippen molar-refractivity contribution in [3.63, 3.8) is 0 Å². The second-order valence-corrected chi connectivity index (χ2v) is 6.54. The van der Waals surface area contributed by atoms with Gasteiger partial charge >= 0.3 is 0 Å². The molecule has 1 aliphatic rings. The fraction of sp³-hybridized carbons (Fsp3) is 0.250. The number of nitrogens with zero attached hydrogens (tertiary/aromatic N) is 4. The Morgan fingerprint density at radius 3 is 3.04 bits per heavy atom. The zero-order valence-electron chi connectivity index (χ0n) is 13.2. The van der Waals surface area contributed by atoms with Gasteiger partial charge in [-0.1, -0.05) is 0 Å². The molecule has 4 rings (SSSR count). The number of pyridine rings is 1. The van der Waals surface area contributed by atoms with E-state index in [1.54, 1.807) is 30.3 Å². The summed E-state index contributed by atoms with van der Waals surface area (Å²) in [6.45, 7) is 4.60. The Bertz CT molecular complexity index is 969. The zero-order valence-corrected chi connectivity index (χ0v) is 14.1. The summed E-state index contributed by atoms with van der Waals surface area (Å²) in [5, 5.41) is 0.758. The number of fused-ring (bicyclic) bond motifs is 2. The molecule has 8 heteroatoms. The lowest BCUT2D eigenvalue weighted by atomic mass is 10.1. The molecule has 3 aromatic rings. The number of carbonyl (C=O) groups is 1. The van der Waals surface area contributed by atoms with Crippen molar-refractivity contribution in [3.8, 4) is 5.75 Å². The maximum atomic E-state index is 13.1. The second kappa shape index (κ2) is 5.41. The molecule has 0 radical (unpaired) electrons. The van der Waals surface area contributed by atoms with E-state index >= 15 is 0 Å². The van der Waals surface area contributed by atoms with Crippen LogP contribution in [0.15, 0.2) is 18.5 Å². The lowest BCUT2D eigenvalue weighted by molar-refractivity contribution is 0.0980. The van der Waals surface area contributed by atoms with Crippen molar-refractivity contribution in [3.05, 3.63) is 34.7 Å². The van der Waals surface area contributed by atoms with Crippen LogP contribution in [0.5, 0.6) is 5.75 Å². The molecule has 0 spiro atoms. The Labute approximate surface area is 142 Å². The van der Waals surface area contributed by atoms with Gasteiger partial charge in [-0.05, 0) is 19.4 Å². The van der Waals surface area contributed by atoms with Gasteiger partial charge in [0.05, 0.1) is 23.0 Å². The van der Waals surface area contributed by atoms with E-state index in [-0.39, 0.29) is 5.91 Å². The number of nitrogens with two attached hydrogens (primary N) is 1. The van der Waals surface area contributed by atoms with Gasteiger partial charge in [-0.3, -0.25) is 14.7 Å². The Hall–Kier alpha value is -2.74. The summed E-state index contributed by atoms with van der Waals surface area (Å²) >= 11 is 1.35. The summed E-state index contributed by atoms with van der Waals surface area (Å²) in [6, 6.07) is 1.76. The molecule has 122 valence electrons. The third kappa shape index (κ3) is 2.18. The van der Waals surface area contributed by atoms with Crippen LogP contribution < -0.4 is 15.4 Å². The van der Waals surface area contributed by atoms with Crippen molar-refractivity contribution in [2.75, 3.05) is 23.8 Å². The van der Waals surface area contributed by atoms with Crippen molar-refractivity contribution in [2.24, 2.45) is 0 Å². The van der Waals surface area contributed by atoms with Crippen LogP contribution in [0.1, 0.15) is 21.1 Å². The topological polar surface area (TPSA) is 94.2 Å². The third-order valence-electron chi connectivity index (χ3n) is 3.99. The number of nitrogen functional groups attached to an aromatic ring is 1. The molecule has 0 fully saturated rings. The first-order valence-corrected chi connectivity index (χ1v) is 8.30. The van der Waals surface area contributed by atoms with Crippen molar-refractivity contribution >= 4 is 39.0 Å². The number of carbonyl (C=O) groups excluding carboxylic acids is 1. The molecule has 0 saturated carbocycles. The molecule has 0 aromatic carbocycles. The lowest BCUT2D eigenvalue weighted by Gasteiger charge is -2.28. The summed E-state index contributed by atoms with van der Waals surface area (Å²) in [7, 11) is 0. The van der Waals surface area contributed by atoms with Crippen LogP contribution in [0, 0.1) is 13.8 Å². The zero-order chi connectivity index (χ0) is 16.8. The molecule has 0 unspecified atom stereocenters. The molecule has 4 heterocycles. The highest BCUT2D eigenvalue weighted by molar-refractivity contribution is 7.20. The summed E-state index contributed by atoms with van der Waals surface area (Å²) in [4.78, 5) is 28.9. The normalized spacial score (nSPS) is 13.7. The fourth-order valence-electron chi connectivity index (χ4n) is 2.88. The van der Waals surface area contributed by atoms with Gasteiger partial charge in [-0.2, -0.15) is 0 Å². The van der Waals surface area contributed by atoms with Crippen molar-refractivity contribution in [2.45, 2.75) is 13.8 Å². The van der Waals surface area contributed by atoms with Crippen LogP contribution in [0.4, 0.5) is 11.5 Å². The Morgan fingerprint density at radius 1 is 1.38 bits per heavy atom. The van der Waals surface area contributed by atoms with Gasteiger partial charge in [0.25, 0.3) is 5.91 Å². The van der Waals surface area contributed by atoms with Crippen LogP contribution in [-0.2, 0) is 0 Å². The number of hydrogen-bond donors (Lipinski definition) is 1. The van der Waals surface area contributed by atoms with E-state index in [2.05, 4.69) is 15.0 Å². The lowest BCUT2D eigenvalue weighted by Crippen LogP contribution is -2.37. The van der Waals surface area contributed by atoms with Crippen LogP contribution in [0.3, 0.4) is 0 Å². The first kappa shape index (κ1) is 14.8. The van der Waals surface area contributed by atoms with E-state index in [0.29, 0.717) is 41.1 Å². The molecule has 3 aromatic heterocycles. The van der Waals surface area contributed by atoms with E-state index in [4.69, 9.17) is 10.5 Å². The molecule has 7 nitrogen and oxygen atoms in total. The monoisotopic (exact) mass is 341 g/mol. The average Bonchev–Trinajstić information content (AvgIpc) is 2.90. The molecule has 1 amide bonds. The van der Waals surface area contributed by atoms with Gasteiger partial charge in [0.2, 0.25) is 0 Å². The standard InChI is InChI=1S/C16H15N5O2S/c1-8-12-14(17)19-9(2)20-15(12)24-13(8)16(22)21-5-6-23-11-3-4-18-7-10(11)21/h3-4,7H,5-6H2,1-2H3,(H2,17,19,20). The smallest absolute Gasteiger partial charge is 0.268 e. The molecule has 2 N–H and O–H groups in total. The van der Waals surface area contributed by atoms with Crippen molar-refractivity contribution < 1.29 is 9.53 Å². The largest absolute Gasteiger partial charge is 0.489 e. The van der Waals surface area contributed by atoms with Crippen LogP contribution >= 0.6 is 11.3 Å². The number of hydrogen-bond acceptors (Lipinski definition) is 7. The van der Waals surface area contributed by atoms with Gasteiger partial charge < -0.3 is 10.5 Å². The first-order chi connectivity index (χ1) is 11.6. The molecule has 0 aliphatic carbocycles. The summed E-state index contributed by atoms with van der Waals surface area (Å²) < 4.78 is 5.59. The van der Waals surface area contributed by atoms with Gasteiger partial charge in [0.15, 0.2) is 0 Å². The fourth-order valence-corrected chi connectivity index (χ4v) is 4.07. The minimum atomic E-state index is -0.0925. The maximum Gasteiger partial charge on any atom is 0.268 e. The van der Waals surface area contributed by atoms with E-state index in [9.17, 15) is 4.79 Å². The molecule has 1 aliphatic heterocycles. The Kier molecular flexibility index (Phi) is 3.34. The highest BCUT2D eigenvalue weighted by Gasteiger charge is 2.28.